The van der Waals surface area contributed by atoms with E-state index in [2.05, 4.69) is 24.2 Å². The SMILES string of the molecule is C#CCC(CC1=CCCCC1)NCC. The van der Waals surface area contributed by atoms with Crippen LogP contribution in [0.1, 0.15) is 45.4 Å². The molecule has 0 saturated heterocycles. The maximum atomic E-state index is 5.36. The zero-order chi connectivity index (χ0) is 10.2. The minimum absolute atomic E-state index is 0.495. The van der Waals surface area contributed by atoms with Gasteiger partial charge in [0.05, 0.1) is 0 Å². The van der Waals surface area contributed by atoms with Crippen molar-refractivity contribution in [1.82, 2.24) is 5.32 Å². The smallest absolute Gasteiger partial charge is 0.0243 e. The fraction of sp³-hybridized carbons (Fsp3) is 0.692. The molecule has 1 atom stereocenters. The lowest BCUT2D eigenvalue weighted by atomic mass is 9.93. The van der Waals surface area contributed by atoms with Gasteiger partial charge in [-0.05, 0) is 38.6 Å². The molecule has 0 spiro atoms. The summed E-state index contributed by atoms with van der Waals surface area (Å²) in [5, 5.41) is 3.45. The largest absolute Gasteiger partial charge is 0.313 e. The van der Waals surface area contributed by atoms with Crippen molar-refractivity contribution in [1.29, 1.82) is 0 Å². The number of hydrogen-bond donors (Lipinski definition) is 1. The third kappa shape index (κ3) is 3.98. The molecule has 1 heteroatoms. The van der Waals surface area contributed by atoms with E-state index >= 15 is 0 Å². The van der Waals surface area contributed by atoms with E-state index in [-0.39, 0.29) is 0 Å². The van der Waals surface area contributed by atoms with Gasteiger partial charge in [0, 0.05) is 12.5 Å². The molecule has 1 unspecified atom stereocenters. The van der Waals surface area contributed by atoms with Gasteiger partial charge >= 0.3 is 0 Å². The summed E-state index contributed by atoms with van der Waals surface area (Å²) < 4.78 is 0. The van der Waals surface area contributed by atoms with Crippen LogP contribution >= 0.6 is 0 Å². The Morgan fingerprint density at radius 3 is 3.00 bits per heavy atom. The fourth-order valence-electron chi connectivity index (χ4n) is 2.05. The zero-order valence-corrected chi connectivity index (χ0v) is 9.18. The minimum atomic E-state index is 0.495. The number of allylic oxidation sites excluding steroid dienone is 1. The fourth-order valence-corrected chi connectivity index (χ4v) is 2.05. The van der Waals surface area contributed by atoms with E-state index in [4.69, 9.17) is 6.42 Å². The van der Waals surface area contributed by atoms with Crippen molar-refractivity contribution in [2.75, 3.05) is 6.54 Å². The van der Waals surface area contributed by atoms with Crippen LogP contribution in [0.3, 0.4) is 0 Å². The summed E-state index contributed by atoms with van der Waals surface area (Å²) in [6.45, 7) is 3.15. The Morgan fingerprint density at radius 2 is 2.43 bits per heavy atom. The van der Waals surface area contributed by atoms with Gasteiger partial charge in [-0.3, -0.25) is 0 Å². The number of nitrogens with one attached hydrogen (secondary N) is 1. The highest BCUT2D eigenvalue weighted by molar-refractivity contribution is 5.08. The highest BCUT2D eigenvalue weighted by atomic mass is 14.9. The van der Waals surface area contributed by atoms with Gasteiger partial charge in [0.2, 0.25) is 0 Å². The van der Waals surface area contributed by atoms with Crippen LogP contribution < -0.4 is 5.32 Å². The van der Waals surface area contributed by atoms with Crippen LogP contribution in [0.4, 0.5) is 0 Å². The van der Waals surface area contributed by atoms with Crippen molar-refractivity contribution in [2.24, 2.45) is 0 Å². The van der Waals surface area contributed by atoms with Crippen LogP contribution in [0.25, 0.3) is 0 Å². The third-order valence-corrected chi connectivity index (χ3v) is 2.75. The molecule has 0 radical (unpaired) electrons. The summed E-state index contributed by atoms with van der Waals surface area (Å²) in [4.78, 5) is 0. The van der Waals surface area contributed by atoms with E-state index < -0.39 is 0 Å². The molecule has 1 nitrogen and oxygen atoms in total. The predicted molar refractivity (Wildman–Crippen MR) is 62.1 cm³/mol. The van der Waals surface area contributed by atoms with Crippen LogP contribution in [-0.4, -0.2) is 12.6 Å². The molecule has 0 heterocycles. The normalized spacial score (nSPS) is 18.4. The van der Waals surface area contributed by atoms with Gasteiger partial charge in [-0.25, -0.2) is 0 Å². The van der Waals surface area contributed by atoms with Crippen molar-refractivity contribution in [3.63, 3.8) is 0 Å². The molecule has 1 N–H and O–H groups in total. The molecule has 14 heavy (non-hydrogen) atoms. The van der Waals surface area contributed by atoms with Crippen molar-refractivity contribution in [3.05, 3.63) is 11.6 Å². The van der Waals surface area contributed by atoms with Crippen molar-refractivity contribution in [3.8, 4) is 12.3 Å². The van der Waals surface area contributed by atoms with Crippen molar-refractivity contribution >= 4 is 0 Å². The maximum absolute atomic E-state index is 5.36. The van der Waals surface area contributed by atoms with Crippen LogP contribution in [-0.2, 0) is 0 Å². The van der Waals surface area contributed by atoms with E-state index in [1.165, 1.54) is 25.7 Å². The van der Waals surface area contributed by atoms with E-state index in [0.717, 1.165) is 19.4 Å². The molecular weight excluding hydrogens is 170 g/mol. The highest BCUT2D eigenvalue weighted by Gasteiger charge is 2.10. The molecule has 0 aromatic carbocycles. The van der Waals surface area contributed by atoms with Gasteiger partial charge in [0.15, 0.2) is 0 Å². The van der Waals surface area contributed by atoms with Crippen LogP contribution in [0.2, 0.25) is 0 Å². The zero-order valence-electron chi connectivity index (χ0n) is 9.18. The Hall–Kier alpha value is -0.740. The third-order valence-electron chi connectivity index (χ3n) is 2.75. The minimum Gasteiger partial charge on any atom is -0.313 e. The quantitative estimate of drug-likeness (QED) is 0.520. The topological polar surface area (TPSA) is 12.0 Å². The average Bonchev–Trinajstić information content (AvgIpc) is 2.20. The first-order valence-corrected chi connectivity index (χ1v) is 5.71. The summed E-state index contributed by atoms with van der Waals surface area (Å²) in [7, 11) is 0. The lowest BCUT2D eigenvalue weighted by Crippen LogP contribution is -2.29. The summed E-state index contributed by atoms with van der Waals surface area (Å²) in [6, 6.07) is 0.495. The molecule has 0 saturated carbocycles. The summed E-state index contributed by atoms with van der Waals surface area (Å²) in [5.74, 6) is 2.75. The Kier molecular flexibility index (Phi) is 5.40. The number of terminal acetylenes is 1. The second-order valence-corrected chi connectivity index (χ2v) is 3.98. The van der Waals surface area contributed by atoms with Gasteiger partial charge in [-0.15, -0.1) is 12.3 Å². The molecule has 0 aromatic heterocycles. The molecule has 0 aliphatic heterocycles. The highest BCUT2D eigenvalue weighted by Crippen LogP contribution is 2.21. The average molecular weight is 191 g/mol. The molecule has 78 valence electrons. The second-order valence-electron chi connectivity index (χ2n) is 3.98. The van der Waals surface area contributed by atoms with Crippen LogP contribution in [0.15, 0.2) is 11.6 Å². The van der Waals surface area contributed by atoms with Gasteiger partial charge in [0.25, 0.3) is 0 Å². The monoisotopic (exact) mass is 191 g/mol. The van der Waals surface area contributed by atoms with Gasteiger partial charge < -0.3 is 5.32 Å². The first-order chi connectivity index (χ1) is 6.86. The van der Waals surface area contributed by atoms with E-state index in [1.807, 2.05) is 0 Å². The summed E-state index contributed by atoms with van der Waals surface area (Å²) in [5.41, 5.74) is 1.61. The van der Waals surface area contributed by atoms with Crippen molar-refractivity contribution in [2.45, 2.75) is 51.5 Å². The Bertz CT molecular complexity index is 222. The van der Waals surface area contributed by atoms with Crippen LogP contribution in [0, 0.1) is 12.3 Å². The van der Waals surface area contributed by atoms with E-state index in [1.54, 1.807) is 5.57 Å². The lowest BCUT2D eigenvalue weighted by molar-refractivity contribution is 0.516. The molecule has 0 fully saturated rings. The summed E-state index contributed by atoms with van der Waals surface area (Å²) in [6.07, 6.45) is 15.0. The second kappa shape index (κ2) is 6.68. The standard InChI is InChI=1S/C13H21N/c1-3-8-13(14-4-2)11-12-9-6-5-7-10-12/h1,9,13-14H,4-8,10-11H2,2H3. The molecule has 1 aliphatic carbocycles. The Balaban J connectivity index is 2.37. The first kappa shape index (κ1) is 11.3. The first-order valence-electron chi connectivity index (χ1n) is 5.71. The Morgan fingerprint density at radius 1 is 1.57 bits per heavy atom. The molecular formula is C13H21N. The molecule has 1 rings (SSSR count). The van der Waals surface area contributed by atoms with Gasteiger partial charge in [-0.2, -0.15) is 0 Å². The predicted octanol–water partition coefficient (Wildman–Crippen LogP) is 2.88. The Labute approximate surface area is 88.0 Å². The number of rotatable bonds is 5. The van der Waals surface area contributed by atoms with E-state index in [0.29, 0.717) is 6.04 Å². The lowest BCUT2D eigenvalue weighted by Gasteiger charge is -2.19. The van der Waals surface area contributed by atoms with E-state index in [9.17, 15) is 0 Å². The molecule has 0 bridgehead atoms. The van der Waals surface area contributed by atoms with Gasteiger partial charge in [0.1, 0.15) is 0 Å². The molecule has 0 aromatic rings. The summed E-state index contributed by atoms with van der Waals surface area (Å²) >= 11 is 0. The number of hydrogen-bond acceptors (Lipinski definition) is 1. The van der Waals surface area contributed by atoms with Crippen molar-refractivity contribution < 1.29 is 0 Å². The van der Waals surface area contributed by atoms with Gasteiger partial charge in [-0.1, -0.05) is 18.6 Å². The molecule has 1 aliphatic rings. The maximum Gasteiger partial charge on any atom is 0.0243 e. The molecule has 0 amide bonds. The van der Waals surface area contributed by atoms with Crippen LogP contribution in [0.5, 0.6) is 0 Å².